The minimum atomic E-state index is -2.84. The van der Waals surface area contributed by atoms with Gasteiger partial charge in [0, 0.05) is 19.3 Å². The zero-order valence-electron chi connectivity index (χ0n) is 10.9. The van der Waals surface area contributed by atoms with Gasteiger partial charge >= 0.3 is 0 Å². The Bertz CT molecular complexity index is 303. The fourth-order valence-corrected chi connectivity index (χ4v) is 2.73. The molecule has 1 rings (SSSR count). The summed E-state index contributed by atoms with van der Waals surface area (Å²) in [6.07, 6.45) is 6.61. The molecule has 1 aliphatic carbocycles. The van der Waals surface area contributed by atoms with E-state index >= 15 is 0 Å². The molecule has 17 heavy (non-hydrogen) atoms. The third-order valence-electron chi connectivity index (χ3n) is 3.17. The summed E-state index contributed by atoms with van der Waals surface area (Å²) in [5.74, 6) is 0.986. The van der Waals surface area contributed by atoms with E-state index in [4.69, 9.17) is 4.74 Å². The maximum atomic E-state index is 10.9. The van der Waals surface area contributed by atoms with E-state index in [-0.39, 0.29) is 5.75 Å². The maximum Gasteiger partial charge on any atom is 0.148 e. The molecule has 0 spiro atoms. The van der Waals surface area contributed by atoms with Gasteiger partial charge in [0.2, 0.25) is 0 Å². The zero-order chi connectivity index (χ0) is 12.7. The lowest BCUT2D eigenvalue weighted by Crippen LogP contribution is -2.29. The second-order valence-corrected chi connectivity index (χ2v) is 7.40. The van der Waals surface area contributed by atoms with E-state index in [1.165, 1.54) is 31.9 Å². The Balaban J connectivity index is 1.97. The predicted octanol–water partition coefficient (Wildman–Crippen LogP) is 1.22. The van der Waals surface area contributed by atoms with Gasteiger partial charge in [-0.15, -0.1) is 0 Å². The van der Waals surface area contributed by atoms with Crippen molar-refractivity contribution in [3.05, 3.63) is 0 Å². The first kappa shape index (κ1) is 14.9. The highest BCUT2D eigenvalue weighted by Crippen LogP contribution is 2.25. The minimum Gasteiger partial charge on any atom is -0.377 e. The summed E-state index contributed by atoms with van der Waals surface area (Å²) in [4.78, 5) is 0. The van der Waals surface area contributed by atoms with E-state index < -0.39 is 9.84 Å². The SMILES string of the molecule is CC1CCCC(OCCNCCS(C)(=O)=O)C1. The molecule has 0 aromatic rings. The second kappa shape index (κ2) is 7.34. The van der Waals surface area contributed by atoms with E-state index in [0.29, 0.717) is 19.3 Å². The zero-order valence-corrected chi connectivity index (χ0v) is 11.8. The van der Waals surface area contributed by atoms with Crippen molar-refractivity contribution in [2.45, 2.75) is 38.7 Å². The molecule has 5 heteroatoms. The maximum absolute atomic E-state index is 10.9. The van der Waals surface area contributed by atoms with E-state index in [1.54, 1.807) is 0 Å². The molecule has 0 amide bonds. The molecule has 1 aliphatic rings. The van der Waals surface area contributed by atoms with E-state index in [9.17, 15) is 8.42 Å². The second-order valence-electron chi connectivity index (χ2n) is 5.14. The number of ether oxygens (including phenoxy) is 1. The van der Waals surface area contributed by atoms with Crippen molar-refractivity contribution in [3.8, 4) is 0 Å². The van der Waals surface area contributed by atoms with Crippen molar-refractivity contribution in [2.24, 2.45) is 5.92 Å². The molecule has 2 unspecified atom stereocenters. The highest BCUT2D eigenvalue weighted by molar-refractivity contribution is 7.90. The summed E-state index contributed by atoms with van der Waals surface area (Å²) >= 11 is 0. The summed E-state index contributed by atoms with van der Waals surface area (Å²) in [7, 11) is -2.84. The molecule has 2 atom stereocenters. The monoisotopic (exact) mass is 263 g/mol. The van der Waals surface area contributed by atoms with Gasteiger partial charge in [0.1, 0.15) is 9.84 Å². The third kappa shape index (κ3) is 7.73. The van der Waals surface area contributed by atoms with Crippen molar-refractivity contribution < 1.29 is 13.2 Å². The van der Waals surface area contributed by atoms with Gasteiger partial charge in [0.15, 0.2) is 0 Å². The first-order valence-electron chi connectivity index (χ1n) is 6.47. The Kier molecular flexibility index (Phi) is 6.44. The topological polar surface area (TPSA) is 55.4 Å². The molecule has 1 saturated carbocycles. The lowest BCUT2D eigenvalue weighted by atomic mass is 9.89. The van der Waals surface area contributed by atoms with Crippen LogP contribution in [0.15, 0.2) is 0 Å². The molecular weight excluding hydrogens is 238 g/mol. The van der Waals surface area contributed by atoms with Gasteiger partial charge in [-0.1, -0.05) is 19.8 Å². The molecule has 102 valence electrons. The Morgan fingerprint density at radius 3 is 2.71 bits per heavy atom. The van der Waals surface area contributed by atoms with Crippen LogP contribution in [0.25, 0.3) is 0 Å². The molecule has 0 saturated heterocycles. The van der Waals surface area contributed by atoms with Crippen molar-refractivity contribution in [1.29, 1.82) is 0 Å². The van der Waals surface area contributed by atoms with Gasteiger partial charge in [-0.25, -0.2) is 8.42 Å². The van der Waals surface area contributed by atoms with Gasteiger partial charge < -0.3 is 10.1 Å². The summed E-state index contributed by atoms with van der Waals surface area (Å²) in [6.45, 7) is 4.21. The summed E-state index contributed by atoms with van der Waals surface area (Å²) in [6, 6.07) is 0. The van der Waals surface area contributed by atoms with Crippen LogP contribution in [0.4, 0.5) is 0 Å². The molecule has 0 radical (unpaired) electrons. The summed E-state index contributed by atoms with van der Waals surface area (Å²) in [5.41, 5.74) is 0. The molecule has 1 fully saturated rings. The highest BCUT2D eigenvalue weighted by atomic mass is 32.2. The normalized spacial score (nSPS) is 26.0. The molecular formula is C12H25NO3S. The van der Waals surface area contributed by atoms with Crippen LogP contribution >= 0.6 is 0 Å². The van der Waals surface area contributed by atoms with Crippen LogP contribution in [0.3, 0.4) is 0 Å². The fourth-order valence-electron chi connectivity index (χ4n) is 2.21. The van der Waals surface area contributed by atoms with Crippen molar-refractivity contribution in [3.63, 3.8) is 0 Å². The number of rotatable bonds is 7. The van der Waals surface area contributed by atoms with Crippen LogP contribution in [0.1, 0.15) is 32.6 Å². The highest BCUT2D eigenvalue weighted by Gasteiger charge is 2.18. The fraction of sp³-hybridized carbons (Fsp3) is 1.00. The summed E-state index contributed by atoms with van der Waals surface area (Å²) < 4.78 is 27.5. The minimum absolute atomic E-state index is 0.202. The largest absolute Gasteiger partial charge is 0.377 e. The van der Waals surface area contributed by atoms with Crippen molar-refractivity contribution in [2.75, 3.05) is 31.7 Å². The first-order chi connectivity index (χ1) is 7.97. The van der Waals surface area contributed by atoms with Crippen LogP contribution in [0.5, 0.6) is 0 Å². The standard InChI is InChI=1S/C12H25NO3S/c1-11-4-3-5-12(10-11)16-8-6-13-7-9-17(2,14)15/h11-13H,3-10H2,1-2H3. The van der Waals surface area contributed by atoms with Crippen molar-refractivity contribution in [1.82, 2.24) is 5.32 Å². The molecule has 0 aromatic carbocycles. The third-order valence-corrected chi connectivity index (χ3v) is 4.12. The van der Waals surface area contributed by atoms with Crippen LogP contribution in [-0.4, -0.2) is 46.2 Å². The van der Waals surface area contributed by atoms with E-state index in [2.05, 4.69) is 12.2 Å². The molecule has 0 aromatic heterocycles. The van der Waals surface area contributed by atoms with Gasteiger partial charge in [-0.05, 0) is 18.8 Å². The number of hydrogen-bond donors (Lipinski definition) is 1. The van der Waals surface area contributed by atoms with Crippen molar-refractivity contribution >= 4 is 9.84 Å². The molecule has 1 N–H and O–H groups in total. The van der Waals surface area contributed by atoms with Crippen LogP contribution < -0.4 is 5.32 Å². The summed E-state index contributed by atoms with van der Waals surface area (Å²) in [5, 5.41) is 3.09. The number of hydrogen-bond acceptors (Lipinski definition) is 4. The molecule has 0 bridgehead atoms. The van der Waals surface area contributed by atoms with Gasteiger partial charge in [-0.3, -0.25) is 0 Å². The van der Waals surface area contributed by atoms with Crippen LogP contribution in [0.2, 0.25) is 0 Å². The Hall–Kier alpha value is -0.130. The predicted molar refractivity (Wildman–Crippen MR) is 70.0 cm³/mol. The van der Waals surface area contributed by atoms with Crippen LogP contribution in [-0.2, 0) is 14.6 Å². The smallest absolute Gasteiger partial charge is 0.148 e. The Morgan fingerprint density at radius 1 is 1.29 bits per heavy atom. The van der Waals surface area contributed by atoms with E-state index in [0.717, 1.165) is 12.5 Å². The van der Waals surface area contributed by atoms with E-state index in [1.807, 2.05) is 0 Å². The van der Waals surface area contributed by atoms with Gasteiger partial charge in [0.25, 0.3) is 0 Å². The number of nitrogens with one attached hydrogen (secondary N) is 1. The van der Waals surface area contributed by atoms with Gasteiger partial charge in [-0.2, -0.15) is 0 Å². The lowest BCUT2D eigenvalue weighted by molar-refractivity contribution is 0.0176. The average Bonchev–Trinajstić information content (AvgIpc) is 2.22. The number of sulfone groups is 1. The lowest BCUT2D eigenvalue weighted by Gasteiger charge is -2.26. The first-order valence-corrected chi connectivity index (χ1v) is 8.53. The van der Waals surface area contributed by atoms with Crippen LogP contribution in [0, 0.1) is 5.92 Å². The average molecular weight is 263 g/mol. The van der Waals surface area contributed by atoms with Gasteiger partial charge in [0.05, 0.1) is 18.5 Å². The molecule has 4 nitrogen and oxygen atoms in total. The molecule has 0 aliphatic heterocycles. The molecule has 0 heterocycles. The Morgan fingerprint density at radius 2 is 2.06 bits per heavy atom. The Labute approximate surface area is 105 Å². The quantitative estimate of drug-likeness (QED) is 0.702.